The highest BCUT2D eigenvalue weighted by Gasteiger charge is 2.11. The lowest BCUT2D eigenvalue weighted by atomic mass is 10.4. The van der Waals surface area contributed by atoms with Crippen molar-refractivity contribution < 1.29 is 16.8 Å². The van der Waals surface area contributed by atoms with E-state index in [-0.39, 0.29) is 22.3 Å². The lowest BCUT2D eigenvalue weighted by Gasteiger charge is -2.06. The van der Waals surface area contributed by atoms with Gasteiger partial charge in [0.1, 0.15) is 0 Å². The third kappa shape index (κ3) is 4.49. The Balaban J connectivity index is 2.90. The van der Waals surface area contributed by atoms with Crippen molar-refractivity contribution >= 4 is 37.1 Å². The molecule has 96 valence electrons. The Morgan fingerprint density at radius 1 is 1.29 bits per heavy atom. The van der Waals surface area contributed by atoms with E-state index in [4.69, 9.17) is 11.6 Å². The van der Waals surface area contributed by atoms with Crippen LogP contribution in [0.15, 0.2) is 23.4 Å². The Morgan fingerprint density at radius 3 is 2.35 bits per heavy atom. The zero-order chi connectivity index (χ0) is 13.1. The molecule has 17 heavy (non-hydrogen) atoms. The molecule has 0 spiro atoms. The van der Waals surface area contributed by atoms with E-state index in [1.807, 2.05) is 0 Å². The van der Waals surface area contributed by atoms with E-state index < -0.39 is 19.9 Å². The van der Waals surface area contributed by atoms with Crippen LogP contribution in [0.3, 0.4) is 0 Å². The highest BCUT2D eigenvalue weighted by Crippen LogP contribution is 2.11. The van der Waals surface area contributed by atoms with Crippen molar-refractivity contribution in [1.82, 2.24) is 4.98 Å². The number of halogens is 1. The maximum Gasteiger partial charge on any atom is 0.233 e. The standard InChI is InChI=1S/C8H11ClN2O4S2/c1-16(12,13)8-3-2-7(6-10-8)11-17(14,15)5-4-9/h2-3,6,11H,4-5H2,1H3. The van der Waals surface area contributed by atoms with Crippen LogP contribution < -0.4 is 4.72 Å². The van der Waals surface area contributed by atoms with Crippen molar-refractivity contribution in [2.24, 2.45) is 0 Å². The monoisotopic (exact) mass is 298 g/mol. The van der Waals surface area contributed by atoms with Crippen molar-refractivity contribution in [2.75, 3.05) is 22.6 Å². The second-order valence-electron chi connectivity index (χ2n) is 3.27. The van der Waals surface area contributed by atoms with E-state index in [9.17, 15) is 16.8 Å². The summed E-state index contributed by atoms with van der Waals surface area (Å²) >= 11 is 5.32. The second kappa shape index (κ2) is 5.19. The quantitative estimate of drug-likeness (QED) is 0.797. The van der Waals surface area contributed by atoms with Gasteiger partial charge < -0.3 is 0 Å². The number of aromatic nitrogens is 1. The number of alkyl halides is 1. The smallest absolute Gasteiger partial charge is 0.233 e. The largest absolute Gasteiger partial charge is 0.282 e. The lowest BCUT2D eigenvalue weighted by molar-refractivity contribution is 0.598. The molecule has 0 aliphatic heterocycles. The minimum absolute atomic E-state index is 0.0236. The molecule has 0 unspecified atom stereocenters. The Kier molecular flexibility index (Phi) is 4.34. The average Bonchev–Trinajstić information content (AvgIpc) is 2.16. The second-order valence-corrected chi connectivity index (χ2v) is 7.45. The van der Waals surface area contributed by atoms with Crippen molar-refractivity contribution in [3.63, 3.8) is 0 Å². The van der Waals surface area contributed by atoms with Gasteiger partial charge in [0.25, 0.3) is 0 Å². The van der Waals surface area contributed by atoms with E-state index >= 15 is 0 Å². The Morgan fingerprint density at radius 2 is 1.94 bits per heavy atom. The summed E-state index contributed by atoms with van der Waals surface area (Å²) in [4.78, 5) is 3.65. The summed E-state index contributed by atoms with van der Waals surface area (Å²) in [7, 11) is -6.89. The maximum absolute atomic E-state index is 11.3. The third-order valence-corrected chi connectivity index (χ3v) is 4.44. The van der Waals surface area contributed by atoms with Gasteiger partial charge in [0.15, 0.2) is 14.9 Å². The predicted molar refractivity (Wildman–Crippen MR) is 65.5 cm³/mol. The van der Waals surface area contributed by atoms with E-state index in [1.165, 1.54) is 12.1 Å². The molecule has 0 saturated carbocycles. The summed E-state index contributed by atoms with van der Waals surface area (Å²) in [5, 5.41) is -0.113. The molecular formula is C8H11ClN2O4S2. The number of nitrogens with one attached hydrogen (secondary N) is 1. The van der Waals surface area contributed by atoms with Crippen LogP contribution in [0.25, 0.3) is 0 Å². The molecule has 0 radical (unpaired) electrons. The maximum atomic E-state index is 11.3. The number of pyridine rings is 1. The van der Waals surface area contributed by atoms with Gasteiger partial charge in [0.05, 0.1) is 17.6 Å². The molecular weight excluding hydrogens is 288 g/mol. The SMILES string of the molecule is CS(=O)(=O)c1ccc(NS(=O)(=O)CCCl)cn1. The summed E-state index contributed by atoms with van der Waals surface area (Å²) in [5.74, 6) is -0.243. The summed E-state index contributed by atoms with van der Waals surface area (Å²) in [6, 6.07) is 2.56. The van der Waals surface area contributed by atoms with Crippen LogP contribution in [0.1, 0.15) is 0 Å². The van der Waals surface area contributed by atoms with Crippen LogP contribution in [0.4, 0.5) is 5.69 Å². The molecule has 1 heterocycles. The summed E-state index contributed by atoms with van der Waals surface area (Å²) in [6.45, 7) is 0. The van der Waals surface area contributed by atoms with E-state index in [0.717, 1.165) is 12.5 Å². The fourth-order valence-electron chi connectivity index (χ4n) is 0.992. The van der Waals surface area contributed by atoms with Gasteiger partial charge in [0.2, 0.25) is 10.0 Å². The van der Waals surface area contributed by atoms with Crippen LogP contribution in [0, 0.1) is 0 Å². The van der Waals surface area contributed by atoms with Crippen molar-refractivity contribution in [3.8, 4) is 0 Å². The van der Waals surface area contributed by atoms with Crippen molar-refractivity contribution in [1.29, 1.82) is 0 Å². The Hall–Kier alpha value is -0.860. The minimum Gasteiger partial charge on any atom is -0.282 e. The molecule has 0 saturated heterocycles. The highest BCUT2D eigenvalue weighted by molar-refractivity contribution is 7.92. The van der Waals surface area contributed by atoms with Gasteiger partial charge in [-0.05, 0) is 12.1 Å². The van der Waals surface area contributed by atoms with Gasteiger partial charge in [-0.15, -0.1) is 11.6 Å². The Labute approximate surface area is 105 Å². The van der Waals surface area contributed by atoms with Crippen molar-refractivity contribution in [3.05, 3.63) is 18.3 Å². The first-order valence-corrected chi connectivity index (χ1v) is 8.55. The molecule has 0 aliphatic rings. The number of hydrogen-bond acceptors (Lipinski definition) is 5. The van der Waals surface area contributed by atoms with Gasteiger partial charge in [-0.25, -0.2) is 21.8 Å². The topological polar surface area (TPSA) is 93.2 Å². The number of hydrogen-bond donors (Lipinski definition) is 1. The van der Waals surface area contributed by atoms with Gasteiger partial charge in [0, 0.05) is 12.1 Å². The highest BCUT2D eigenvalue weighted by atomic mass is 35.5. The fourth-order valence-corrected chi connectivity index (χ4v) is 2.95. The molecule has 1 aromatic rings. The summed E-state index contributed by atoms with van der Waals surface area (Å²) in [6.07, 6.45) is 2.16. The zero-order valence-electron chi connectivity index (χ0n) is 8.92. The molecule has 1 aromatic heterocycles. The lowest BCUT2D eigenvalue weighted by Crippen LogP contribution is -2.17. The molecule has 6 nitrogen and oxygen atoms in total. The van der Waals surface area contributed by atoms with Gasteiger partial charge in [-0.3, -0.25) is 4.72 Å². The van der Waals surface area contributed by atoms with Gasteiger partial charge >= 0.3 is 0 Å². The number of rotatable bonds is 5. The number of sulfone groups is 1. The molecule has 0 aliphatic carbocycles. The Bertz CT molecular complexity index is 580. The molecule has 9 heteroatoms. The van der Waals surface area contributed by atoms with Crippen LogP contribution in [0.5, 0.6) is 0 Å². The van der Waals surface area contributed by atoms with E-state index in [0.29, 0.717) is 0 Å². The van der Waals surface area contributed by atoms with Crippen LogP contribution in [-0.4, -0.2) is 39.7 Å². The van der Waals surface area contributed by atoms with Crippen LogP contribution in [-0.2, 0) is 19.9 Å². The normalized spacial score (nSPS) is 12.4. The molecule has 1 N–H and O–H groups in total. The fraction of sp³-hybridized carbons (Fsp3) is 0.375. The summed E-state index contributed by atoms with van der Waals surface area (Å²) < 4.78 is 47.1. The average molecular weight is 299 g/mol. The molecule has 0 fully saturated rings. The molecule has 1 rings (SSSR count). The zero-order valence-corrected chi connectivity index (χ0v) is 11.3. The molecule has 0 amide bonds. The first-order chi connectivity index (χ1) is 7.74. The van der Waals surface area contributed by atoms with E-state index in [2.05, 4.69) is 9.71 Å². The van der Waals surface area contributed by atoms with Gasteiger partial charge in [-0.2, -0.15) is 0 Å². The minimum atomic E-state index is -3.50. The predicted octanol–water partition coefficient (Wildman–Crippen LogP) is 0.466. The summed E-state index contributed by atoms with van der Waals surface area (Å²) in [5.41, 5.74) is 0.197. The van der Waals surface area contributed by atoms with E-state index in [1.54, 1.807) is 0 Å². The van der Waals surface area contributed by atoms with Crippen molar-refractivity contribution in [2.45, 2.75) is 5.03 Å². The number of sulfonamides is 1. The molecule has 0 atom stereocenters. The molecule has 0 aromatic carbocycles. The third-order valence-electron chi connectivity index (χ3n) is 1.74. The first kappa shape index (κ1) is 14.2. The first-order valence-electron chi connectivity index (χ1n) is 4.47. The van der Waals surface area contributed by atoms with Crippen LogP contribution >= 0.6 is 11.6 Å². The van der Waals surface area contributed by atoms with Gasteiger partial charge in [-0.1, -0.05) is 0 Å². The number of nitrogens with zero attached hydrogens (tertiary/aromatic N) is 1. The number of anilines is 1. The molecule has 0 bridgehead atoms. The van der Waals surface area contributed by atoms with Crippen LogP contribution in [0.2, 0.25) is 0 Å².